The van der Waals surface area contributed by atoms with Gasteiger partial charge in [0.05, 0.1) is 6.42 Å². The van der Waals surface area contributed by atoms with Crippen molar-refractivity contribution in [1.29, 1.82) is 0 Å². The van der Waals surface area contributed by atoms with Crippen LogP contribution < -0.4 is 5.73 Å². The third kappa shape index (κ3) is 6.22. The van der Waals surface area contributed by atoms with Crippen LogP contribution in [-0.2, 0) is 9.53 Å². The van der Waals surface area contributed by atoms with Gasteiger partial charge in [0.2, 0.25) is 0 Å². The molecule has 0 spiro atoms. The zero-order valence-electron chi connectivity index (χ0n) is 10.5. The van der Waals surface area contributed by atoms with Gasteiger partial charge in [-0.3, -0.25) is 4.79 Å². The van der Waals surface area contributed by atoms with Gasteiger partial charge in [0.15, 0.2) is 0 Å². The number of esters is 1. The van der Waals surface area contributed by atoms with E-state index in [0.29, 0.717) is 6.42 Å². The fourth-order valence-electron chi connectivity index (χ4n) is 1.21. The van der Waals surface area contributed by atoms with Crippen LogP contribution in [0.3, 0.4) is 0 Å². The minimum atomic E-state index is -0.400. The molecule has 1 rings (SSSR count). The number of rotatable bonds is 4. The summed E-state index contributed by atoms with van der Waals surface area (Å²) in [4.78, 5) is 12.6. The molecule has 17 heavy (non-hydrogen) atoms. The van der Waals surface area contributed by atoms with Crippen LogP contribution in [0.1, 0.15) is 27.2 Å². The van der Waals surface area contributed by atoms with Crippen molar-refractivity contribution < 1.29 is 9.53 Å². The van der Waals surface area contributed by atoms with Crippen molar-refractivity contribution in [3.63, 3.8) is 0 Å². The Kier molecular flexibility index (Phi) is 4.87. The van der Waals surface area contributed by atoms with E-state index >= 15 is 0 Å². The maximum Gasteiger partial charge on any atom is 0.307 e. The number of hydrogen-bond donors (Lipinski definition) is 1. The maximum absolute atomic E-state index is 11.4. The zero-order valence-corrected chi connectivity index (χ0v) is 11.3. The van der Waals surface area contributed by atoms with Crippen molar-refractivity contribution >= 4 is 23.4 Å². The van der Waals surface area contributed by atoms with Gasteiger partial charge in [-0.05, 0) is 45.0 Å². The number of carbonyl (C=O) groups excluding carboxylic acids is 1. The lowest BCUT2D eigenvalue weighted by molar-refractivity contribution is -0.154. The summed E-state index contributed by atoms with van der Waals surface area (Å²) in [5.41, 5.74) is 5.94. The summed E-state index contributed by atoms with van der Waals surface area (Å²) >= 11 is 1.63. The van der Waals surface area contributed by atoms with Gasteiger partial charge >= 0.3 is 5.97 Å². The second kappa shape index (κ2) is 5.96. The van der Waals surface area contributed by atoms with Crippen LogP contribution in [0.4, 0.5) is 5.69 Å². The summed E-state index contributed by atoms with van der Waals surface area (Å²) < 4.78 is 5.22. The molecule has 0 fully saturated rings. The lowest BCUT2D eigenvalue weighted by Crippen LogP contribution is -2.23. The van der Waals surface area contributed by atoms with E-state index < -0.39 is 5.60 Å². The van der Waals surface area contributed by atoms with Gasteiger partial charge in [-0.1, -0.05) is 0 Å². The summed E-state index contributed by atoms with van der Waals surface area (Å²) in [6.45, 7) is 5.62. The van der Waals surface area contributed by atoms with E-state index in [-0.39, 0.29) is 5.97 Å². The van der Waals surface area contributed by atoms with Crippen LogP contribution in [0.5, 0.6) is 0 Å². The molecule has 0 unspecified atom stereocenters. The molecular formula is C13H19NO2S. The smallest absolute Gasteiger partial charge is 0.307 e. The van der Waals surface area contributed by atoms with Crippen molar-refractivity contribution in [1.82, 2.24) is 0 Å². The fourth-order valence-corrected chi connectivity index (χ4v) is 2.04. The molecule has 0 heterocycles. The average Bonchev–Trinajstić information content (AvgIpc) is 2.18. The van der Waals surface area contributed by atoms with Gasteiger partial charge < -0.3 is 10.5 Å². The van der Waals surface area contributed by atoms with Crippen molar-refractivity contribution in [2.24, 2.45) is 0 Å². The number of carbonyl (C=O) groups is 1. The number of benzene rings is 1. The molecule has 3 nitrogen and oxygen atoms in total. The van der Waals surface area contributed by atoms with E-state index in [4.69, 9.17) is 10.5 Å². The number of ether oxygens (including phenoxy) is 1. The molecule has 0 aromatic heterocycles. The van der Waals surface area contributed by atoms with Gasteiger partial charge in [-0.2, -0.15) is 0 Å². The van der Waals surface area contributed by atoms with Crippen LogP contribution >= 0.6 is 11.8 Å². The molecule has 0 aliphatic carbocycles. The van der Waals surface area contributed by atoms with Gasteiger partial charge in [0, 0.05) is 16.3 Å². The molecule has 2 N–H and O–H groups in total. The minimum Gasteiger partial charge on any atom is -0.460 e. The number of hydrogen-bond acceptors (Lipinski definition) is 4. The number of thioether (sulfide) groups is 1. The first-order valence-corrected chi connectivity index (χ1v) is 6.55. The largest absolute Gasteiger partial charge is 0.460 e. The predicted octanol–water partition coefficient (Wildman–Crippen LogP) is 3.09. The fraction of sp³-hybridized carbons (Fsp3) is 0.462. The first-order chi connectivity index (χ1) is 7.87. The molecule has 0 radical (unpaired) electrons. The highest BCUT2D eigenvalue weighted by molar-refractivity contribution is 7.99. The highest BCUT2D eigenvalue weighted by Gasteiger charge is 2.15. The molecule has 0 saturated heterocycles. The first-order valence-electron chi connectivity index (χ1n) is 5.57. The predicted molar refractivity (Wildman–Crippen MR) is 72.0 cm³/mol. The molecule has 0 saturated carbocycles. The Bertz CT molecular complexity index is 368. The van der Waals surface area contributed by atoms with Crippen LogP contribution in [0, 0.1) is 0 Å². The highest BCUT2D eigenvalue weighted by Crippen LogP contribution is 2.20. The molecule has 0 aliphatic heterocycles. The molecule has 0 aliphatic rings. The van der Waals surface area contributed by atoms with Gasteiger partial charge in [-0.25, -0.2) is 0 Å². The molecule has 0 bridgehead atoms. The lowest BCUT2D eigenvalue weighted by Gasteiger charge is -2.19. The van der Waals surface area contributed by atoms with Crippen molar-refractivity contribution in [3.05, 3.63) is 24.3 Å². The van der Waals surface area contributed by atoms with E-state index in [1.165, 1.54) is 0 Å². The van der Waals surface area contributed by atoms with Crippen LogP contribution in [0.25, 0.3) is 0 Å². The van der Waals surface area contributed by atoms with E-state index in [9.17, 15) is 4.79 Å². The normalized spacial score (nSPS) is 11.2. The first kappa shape index (κ1) is 13.9. The average molecular weight is 253 g/mol. The summed E-state index contributed by atoms with van der Waals surface area (Å²) in [6.07, 6.45) is 0.423. The second-order valence-corrected chi connectivity index (χ2v) is 5.92. The standard InChI is InChI=1S/C13H19NO2S/c1-13(2,3)16-12(15)8-9-17-11-6-4-10(14)5-7-11/h4-7H,8-9,14H2,1-3H3. The molecule has 94 valence electrons. The van der Waals surface area contributed by atoms with Crippen LogP contribution in [0.2, 0.25) is 0 Å². The van der Waals surface area contributed by atoms with Gasteiger partial charge in [-0.15, -0.1) is 11.8 Å². The summed E-state index contributed by atoms with van der Waals surface area (Å²) in [5, 5.41) is 0. The highest BCUT2D eigenvalue weighted by atomic mass is 32.2. The van der Waals surface area contributed by atoms with Crippen molar-refractivity contribution in [3.8, 4) is 0 Å². The summed E-state index contributed by atoms with van der Waals surface area (Å²) in [7, 11) is 0. The van der Waals surface area contributed by atoms with E-state index in [2.05, 4.69) is 0 Å². The Morgan fingerprint density at radius 1 is 1.29 bits per heavy atom. The van der Waals surface area contributed by atoms with Crippen molar-refractivity contribution in [2.75, 3.05) is 11.5 Å². The third-order valence-electron chi connectivity index (χ3n) is 1.88. The SMILES string of the molecule is CC(C)(C)OC(=O)CCSc1ccc(N)cc1. The Labute approximate surface area is 107 Å². The molecular weight excluding hydrogens is 234 g/mol. The van der Waals surface area contributed by atoms with Crippen LogP contribution in [-0.4, -0.2) is 17.3 Å². The van der Waals surface area contributed by atoms with Crippen LogP contribution in [0.15, 0.2) is 29.2 Å². The Morgan fingerprint density at radius 2 is 1.88 bits per heavy atom. The van der Waals surface area contributed by atoms with E-state index in [1.54, 1.807) is 11.8 Å². The molecule has 0 atom stereocenters. The van der Waals surface area contributed by atoms with E-state index in [0.717, 1.165) is 16.3 Å². The summed E-state index contributed by atoms with van der Waals surface area (Å²) in [6, 6.07) is 7.62. The molecule has 4 heteroatoms. The van der Waals surface area contributed by atoms with Gasteiger partial charge in [0.1, 0.15) is 5.60 Å². The third-order valence-corrected chi connectivity index (χ3v) is 2.89. The Balaban J connectivity index is 2.28. The van der Waals surface area contributed by atoms with E-state index in [1.807, 2.05) is 45.0 Å². The Morgan fingerprint density at radius 3 is 2.41 bits per heavy atom. The lowest BCUT2D eigenvalue weighted by atomic mass is 10.2. The summed E-state index contributed by atoms with van der Waals surface area (Å²) in [5.74, 6) is 0.569. The number of nitrogens with two attached hydrogens (primary N) is 1. The molecule has 0 amide bonds. The zero-order chi connectivity index (χ0) is 12.9. The second-order valence-electron chi connectivity index (χ2n) is 4.75. The maximum atomic E-state index is 11.4. The number of anilines is 1. The Hall–Kier alpha value is -1.16. The molecule has 1 aromatic rings. The quantitative estimate of drug-likeness (QED) is 0.509. The number of nitrogen functional groups attached to an aromatic ring is 1. The van der Waals surface area contributed by atoms with Gasteiger partial charge in [0.25, 0.3) is 0 Å². The minimum absolute atomic E-state index is 0.152. The topological polar surface area (TPSA) is 52.3 Å². The monoisotopic (exact) mass is 253 g/mol. The molecule has 1 aromatic carbocycles. The van der Waals surface area contributed by atoms with Crippen molar-refractivity contribution in [2.45, 2.75) is 37.7 Å².